The summed E-state index contributed by atoms with van der Waals surface area (Å²) in [5, 5.41) is 5.49. The maximum Gasteiger partial charge on any atom is 0.0730 e. The minimum Gasteiger partial charge on any atom is -0.388 e. The molecule has 0 saturated heterocycles. The maximum atomic E-state index is 4.76. The summed E-state index contributed by atoms with van der Waals surface area (Å²) in [7, 11) is 3.95. The largest absolute Gasteiger partial charge is 0.388 e. The van der Waals surface area contributed by atoms with Gasteiger partial charge < -0.3 is 8.43 Å². The van der Waals surface area contributed by atoms with E-state index in [4.69, 9.17) is 4.98 Å². The van der Waals surface area contributed by atoms with Crippen molar-refractivity contribution in [1.82, 2.24) is 4.98 Å². The van der Waals surface area contributed by atoms with E-state index in [0.717, 1.165) is 22.4 Å². The first-order chi connectivity index (χ1) is 9.17. The molecule has 1 N–H and O–H groups in total. The highest BCUT2D eigenvalue weighted by atomic mass is 127. The van der Waals surface area contributed by atoms with Gasteiger partial charge >= 0.3 is 0 Å². The second-order valence-electron chi connectivity index (χ2n) is 4.50. The minimum absolute atomic E-state index is 1.02. The molecule has 1 aromatic heterocycles. The molecule has 0 fully saturated rings. The predicted molar refractivity (Wildman–Crippen MR) is 91.2 cm³/mol. The standard InChI is InChI=1S/C15H14IN3/c1-17-12-5-3-10-7-11-4-6-13(19(2)16)9-15(11)18-14(10)8-12/h3-9,17H,1-2H3. The summed E-state index contributed by atoms with van der Waals surface area (Å²) in [6, 6.07) is 14.8. The first-order valence-corrected chi connectivity index (χ1v) is 7.06. The number of halogens is 1. The average molecular weight is 363 g/mol. The zero-order chi connectivity index (χ0) is 13.4. The summed E-state index contributed by atoms with van der Waals surface area (Å²) < 4.78 is 2.06. The average Bonchev–Trinajstić information content (AvgIpc) is 2.43. The van der Waals surface area contributed by atoms with Gasteiger partial charge in [0.1, 0.15) is 0 Å². The fourth-order valence-corrected chi connectivity index (χ4v) is 2.46. The van der Waals surface area contributed by atoms with Crippen LogP contribution in [0, 0.1) is 0 Å². The number of nitrogens with one attached hydrogen (secondary N) is 1. The van der Waals surface area contributed by atoms with Gasteiger partial charge in [0.2, 0.25) is 0 Å². The summed E-state index contributed by atoms with van der Waals surface area (Å²) in [5.74, 6) is 0. The van der Waals surface area contributed by atoms with Crippen molar-refractivity contribution in [3.05, 3.63) is 42.5 Å². The van der Waals surface area contributed by atoms with Crippen LogP contribution in [0.4, 0.5) is 11.4 Å². The number of hydrogen-bond acceptors (Lipinski definition) is 3. The first kappa shape index (κ1) is 12.5. The SMILES string of the molecule is CNc1ccc2cc3ccc(N(C)I)cc3nc2c1. The number of aromatic nitrogens is 1. The summed E-state index contributed by atoms with van der Waals surface area (Å²) >= 11 is 2.27. The number of rotatable bonds is 2. The number of nitrogens with zero attached hydrogens (tertiary/aromatic N) is 2. The van der Waals surface area contributed by atoms with Gasteiger partial charge in [-0.3, -0.25) is 0 Å². The Hall–Kier alpha value is -1.56. The van der Waals surface area contributed by atoms with Gasteiger partial charge in [-0.1, -0.05) is 12.1 Å². The molecule has 0 unspecified atom stereocenters. The number of anilines is 2. The molecule has 2 aromatic carbocycles. The molecule has 3 rings (SSSR count). The van der Waals surface area contributed by atoms with Crippen LogP contribution in [0.1, 0.15) is 0 Å². The van der Waals surface area contributed by atoms with Crippen molar-refractivity contribution in [2.24, 2.45) is 0 Å². The third kappa shape index (κ3) is 2.32. The maximum absolute atomic E-state index is 4.76. The molecule has 0 atom stereocenters. The number of benzene rings is 2. The number of hydrogen-bond donors (Lipinski definition) is 1. The van der Waals surface area contributed by atoms with Gasteiger partial charge in [0, 0.05) is 36.2 Å². The Labute approximate surface area is 126 Å². The lowest BCUT2D eigenvalue weighted by atomic mass is 10.1. The number of fused-ring (bicyclic) bond motifs is 2. The van der Waals surface area contributed by atoms with Crippen LogP contribution in [0.5, 0.6) is 0 Å². The van der Waals surface area contributed by atoms with Gasteiger partial charge in [-0.05, 0) is 30.3 Å². The molecular weight excluding hydrogens is 349 g/mol. The Balaban J connectivity index is 2.26. The molecule has 0 aliphatic rings. The van der Waals surface area contributed by atoms with Gasteiger partial charge in [0.25, 0.3) is 0 Å². The van der Waals surface area contributed by atoms with E-state index in [0.29, 0.717) is 0 Å². The Morgan fingerprint density at radius 1 is 1.00 bits per heavy atom. The minimum atomic E-state index is 1.02. The van der Waals surface area contributed by atoms with Crippen molar-refractivity contribution >= 4 is 56.0 Å². The van der Waals surface area contributed by atoms with E-state index in [1.165, 1.54) is 10.8 Å². The zero-order valence-electron chi connectivity index (χ0n) is 10.8. The highest BCUT2D eigenvalue weighted by Crippen LogP contribution is 2.26. The molecule has 0 aliphatic heterocycles. The van der Waals surface area contributed by atoms with Crippen molar-refractivity contribution in [1.29, 1.82) is 0 Å². The lowest BCUT2D eigenvalue weighted by Crippen LogP contribution is -1.99. The molecule has 0 aliphatic carbocycles. The van der Waals surface area contributed by atoms with Crippen LogP contribution in [-0.4, -0.2) is 19.1 Å². The van der Waals surface area contributed by atoms with Crippen molar-refractivity contribution in [2.45, 2.75) is 0 Å². The highest BCUT2D eigenvalue weighted by Gasteiger charge is 2.03. The lowest BCUT2D eigenvalue weighted by Gasteiger charge is -2.11. The lowest BCUT2D eigenvalue weighted by molar-refractivity contribution is 1.40. The van der Waals surface area contributed by atoms with Crippen molar-refractivity contribution in [2.75, 3.05) is 22.5 Å². The Morgan fingerprint density at radius 3 is 2.37 bits per heavy atom. The van der Waals surface area contributed by atoms with E-state index >= 15 is 0 Å². The molecule has 0 bridgehead atoms. The molecule has 3 nitrogen and oxygen atoms in total. The Kier molecular flexibility index (Phi) is 3.18. The zero-order valence-corrected chi connectivity index (χ0v) is 13.0. The third-order valence-corrected chi connectivity index (χ3v) is 3.80. The topological polar surface area (TPSA) is 28.2 Å². The molecule has 0 spiro atoms. The second-order valence-corrected chi connectivity index (χ2v) is 5.95. The highest BCUT2D eigenvalue weighted by molar-refractivity contribution is 14.1. The van der Waals surface area contributed by atoms with E-state index in [1.807, 2.05) is 14.1 Å². The quantitative estimate of drug-likeness (QED) is 0.420. The molecule has 0 radical (unpaired) electrons. The van der Waals surface area contributed by atoms with E-state index in [1.54, 1.807) is 0 Å². The van der Waals surface area contributed by atoms with Gasteiger partial charge in [-0.2, -0.15) is 0 Å². The molecule has 19 heavy (non-hydrogen) atoms. The van der Waals surface area contributed by atoms with E-state index in [-0.39, 0.29) is 0 Å². The molecule has 96 valence electrons. The molecule has 4 heteroatoms. The first-order valence-electron chi connectivity index (χ1n) is 6.09. The van der Waals surface area contributed by atoms with Crippen molar-refractivity contribution in [3.63, 3.8) is 0 Å². The van der Waals surface area contributed by atoms with Crippen LogP contribution in [0.15, 0.2) is 42.5 Å². The molecule has 0 amide bonds. The van der Waals surface area contributed by atoms with Crippen LogP contribution in [0.2, 0.25) is 0 Å². The van der Waals surface area contributed by atoms with Crippen molar-refractivity contribution in [3.8, 4) is 0 Å². The smallest absolute Gasteiger partial charge is 0.0730 e. The second kappa shape index (κ2) is 4.85. The van der Waals surface area contributed by atoms with Crippen LogP contribution >= 0.6 is 22.9 Å². The van der Waals surface area contributed by atoms with Gasteiger partial charge in [0.15, 0.2) is 0 Å². The molecular formula is C15H14IN3. The summed E-state index contributed by atoms with van der Waals surface area (Å²) in [6.07, 6.45) is 0. The third-order valence-electron chi connectivity index (χ3n) is 3.24. The molecule has 3 aromatic rings. The van der Waals surface area contributed by atoms with Gasteiger partial charge in [-0.25, -0.2) is 4.98 Å². The summed E-state index contributed by atoms with van der Waals surface area (Å²) in [6.45, 7) is 0. The normalized spacial score (nSPS) is 10.9. The fourth-order valence-electron chi connectivity index (χ4n) is 2.16. The van der Waals surface area contributed by atoms with E-state index in [2.05, 4.69) is 73.8 Å². The van der Waals surface area contributed by atoms with Gasteiger partial charge in [-0.15, -0.1) is 0 Å². The molecule has 1 heterocycles. The van der Waals surface area contributed by atoms with Crippen molar-refractivity contribution < 1.29 is 0 Å². The van der Waals surface area contributed by atoms with E-state index < -0.39 is 0 Å². The predicted octanol–water partition coefficient (Wildman–Crippen LogP) is 4.22. The summed E-state index contributed by atoms with van der Waals surface area (Å²) in [5.41, 5.74) is 4.29. The fraction of sp³-hybridized carbons (Fsp3) is 0.133. The van der Waals surface area contributed by atoms with E-state index in [9.17, 15) is 0 Å². The Morgan fingerprint density at radius 2 is 1.68 bits per heavy atom. The Bertz CT molecular complexity index is 753. The number of pyridine rings is 1. The van der Waals surface area contributed by atoms with Crippen LogP contribution in [-0.2, 0) is 0 Å². The molecule has 0 saturated carbocycles. The van der Waals surface area contributed by atoms with Crippen LogP contribution in [0.25, 0.3) is 21.8 Å². The van der Waals surface area contributed by atoms with Gasteiger partial charge in [0.05, 0.1) is 33.9 Å². The van der Waals surface area contributed by atoms with Crippen LogP contribution < -0.4 is 8.43 Å². The monoisotopic (exact) mass is 363 g/mol. The van der Waals surface area contributed by atoms with Crippen LogP contribution in [0.3, 0.4) is 0 Å². The summed E-state index contributed by atoms with van der Waals surface area (Å²) in [4.78, 5) is 4.76.